The molecule has 4 rings (SSSR count). The highest BCUT2D eigenvalue weighted by Crippen LogP contribution is 2.33. The van der Waals surface area contributed by atoms with Gasteiger partial charge in [-0.1, -0.05) is 25.0 Å². The molecule has 130 valence electrons. The second-order valence-corrected chi connectivity index (χ2v) is 7.55. The molecule has 0 radical (unpaired) electrons. The van der Waals surface area contributed by atoms with Gasteiger partial charge in [-0.15, -0.1) is 0 Å². The van der Waals surface area contributed by atoms with E-state index in [2.05, 4.69) is 17.0 Å². The molecule has 2 saturated carbocycles. The Balaban J connectivity index is 1.55. The summed E-state index contributed by atoms with van der Waals surface area (Å²) in [7, 11) is 0. The number of aliphatic hydroxyl groups excluding tert-OH is 1. The number of ether oxygens (including phenoxy) is 1. The molecular weight excluding hydrogens is 302 g/mol. The number of carbonyl (C=O) groups excluding carboxylic acids is 1. The van der Waals surface area contributed by atoms with Crippen LogP contribution in [0.4, 0.5) is 0 Å². The number of benzene rings is 1. The van der Waals surface area contributed by atoms with Crippen LogP contribution in [-0.2, 0) is 17.8 Å². The van der Waals surface area contributed by atoms with E-state index in [9.17, 15) is 9.90 Å². The summed E-state index contributed by atoms with van der Waals surface area (Å²) in [6.07, 6.45) is 7.69. The van der Waals surface area contributed by atoms with Crippen molar-refractivity contribution in [3.63, 3.8) is 0 Å². The second kappa shape index (κ2) is 6.75. The van der Waals surface area contributed by atoms with Crippen LogP contribution >= 0.6 is 0 Å². The van der Waals surface area contributed by atoms with Crippen molar-refractivity contribution >= 4 is 5.91 Å². The van der Waals surface area contributed by atoms with E-state index < -0.39 is 6.10 Å². The fraction of sp³-hybridized carbons (Fsp3) is 0.650. The Bertz CT molecular complexity index is 609. The summed E-state index contributed by atoms with van der Waals surface area (Å²) in [6, 6.07) is 6.67. The van der Waals surface area contributed by atoms with Crippen molar-refractivity contribution in [3.8, 4) is 5.75 Å². The number of fused-ring (bicyclic) bond motifs is 1. The lowest BCUT2D eigenvalue weighted by atomic mass is 10.0. The quantitative estimate of drug-likeness (QED) is 0.923. The van der Waals surface area contributed by atoms with Crippen LogP contribution in [0.25, 0.3) is 0 Å². The van der Waals surface area contributed by atoms with Crippen molar-refractivity contribution in [2.24, 2.45) is 5.92 Å². The average Bonchev–Trinajstić information content (AvgIpc) is 3.32. The normalized spacial score (nSPS) is 26.4. The molecule has 1 heterocycles. The Kier molecular flexibility index (Phi) is 4.49. The van der Waals surface area contributed by atoms with Crippen LogP contribution < -0.4 is 4.74 Å². The van der Waals surface area contributed by atoms with Gasteiger partial charge in [-0.05, 0) is 49.3 Å². The molecule has 0 spiro atoms. The van der Waals surface area contributed by atoms with Crippen LogP contribution in [0.3, 0.4) is 0 Å². The van der Waals surface area contributed by atoms with Crippen LogP contribution in [0, 0.1) is 5.92 Å². The van der Waals surface area contributed by atoms with Crippen molar-refractivity contribution in [2.45, 2.75) is 70.1 Å². The third kappa shape index (κ3) is 3.04. The van der Waals surface area contributed by atoms with Gasteiger partial charge in [0.2, 0.25) is 5.91 Å². The lowest BCUT2D eigenvalue weighted by Crippen LogP contribution is -2.43. The van der Waals surface area contributed by atoms with Gasteiger partial charge in [0.25, 0.3) is 0 Å². The number of amides is 1. The van der Waals surface area contributed by atoms with Crippen molar-refractivity contribution in [1.29, 1.82) is 0 Å². The number of hydrogen-bond acceptors (Lipinski definition) is 3. The summed E-state index contributed by atoms with van der Waals surface area (Å²) in [4.78, 5) is 15.2. The van der Waals surface area contributed by atoms with Crippen LogP contribution in [0.15, 0.2) is 18.2 Å². The first-order valence-corrected chi connectivity index (χ1v) is 9.45. The maximum atomic E-state index is 13.1. The molecule has 2 atom stereocenters. The first-order valence-electron chi connectivity index (χ1n) is 9.45. The highest BCUT2D eigenvalue weighted by molar-refractivity contribution is 5.80. The Morgan fingerprint density at radius 3 is 2.75 bits per heavy atom. The third-order valence-corrected chi connectivity index (χ3v) is 5.95. The lowest BCUT2D eigenvalue weighted by molar-refractivity contribution is -0.141. The molecule has 0 saturated heterocycles. The van der Waals surface area contributed by atoms with Crippen LogP contribution in [0.2, 0.25) is 0 Å². The summed E-state index contributed by atoms with van der Waals surface area (Å²) in [5.74, 6) is 0.968. The molecular formula is C20H27NO3. The number of nitrogens with zero attached hydrogens (tertiary/aromatic N) is 1. The zero-order valence-electron chi connectivity index (χ0n) is 14.2. The SMILES string of the molecule is O=C(C1CCCC1O)N(Cc1ccc2c(c1)CCO2)C1CCCC1. The first-order chi connectivity index (χ1) is 11.7. The van der Waals surface area contributed by atoms with Crippen molar-refractivity contribution in [3.05, 3.63) is 29.3 Å². The number of rotatable bonds is 4. The lowest BCUT2D eigenvalue weighted by Gasteiger charge is -2.32. The molecule has 24 heavy (non-hydrogen) atoms. The van der Waals surface area contributed by atoms with Gasteiger partial charge in [0.05, 0.1) is 18.6 Å². The van der Waals surface area contributed by atoms with Gasteiger partial charge in [0.1, 0.15) is 5.75 Å². The second-order valence-electron chi connectivity index (χ2n) is 7.55. The van der Waals surface area contributed by atoms with E-state index in [1.54, 1.807) is 0 Å². The summed E-state index contributed by atoms with van der Waals surface area (Å²) in [6.45, 7) is 1.43. The van der Waals surface area contributed by atoms with Crippen LogP contribution in [-0.4, -0.2) is 34.7 Å². The molecule has 2 aliphatic carbocycles. The van der Waals surface area contributed by atoms with E-state index in [1.165, 1.54) is 24.0 Å². The minimum Gasteiger partial charge on any atom is -0.493 e. The van der Waals surface area contributed by atoms with Crippen LogP contribution in [0.1, 0.15) is 56.1 Å². The van der Waals surface area contributed by atoms with Gasteiger partial charge >= 0.3 is 0 Å². The highest BCUT2D eigenvalue weighted by Gasteiger charge is 2.37. The fourth-order valence-corrected chi connectivity index (χ4v) is 4.58. The molecule has 4 heteroatoms. The Hall–Kier alpha value is -1.55. The topological polar surface area (TPSA) is 49.8 Å². The minimum absolute atomic E-state index is 0.170. The molecule has 1 aliphatic heterocycles. The predicted octanol–water partition coefficient (Wildman–Crippen LogP) is 3.05. The van der Waals surface area contributed by atoms with Gasteiger partial charge in [-0.3, -0.25) is 4.79 Å². The zero-order valence-corrected chi connectivity index (χ0v) is 14.2. The number of carbonyl (C=O) groups is 1. The summed E-state index contributed by atoms with van der Waals surface area (Å²) < 4.78 is 5.59. The zero-order chi connectivity index (χ0) is 16.5. The van der Waals surface area contributed by atoms with E-state index in [1.807, 2.05) is 6.07 Å². The minimum atomic E-state index is -0.449. The summed E-state index contributed by atoms with van der Waals surface area (Å²) >= 11 is 0. The monoisotopic (exact) mass is 329 g/mol. The highest BCUT2D eigenvalue weighted by atomic mass is 16.5. The van der Waals surface area contributed by atoms with Crippen LogP contribution in [0.5, 0.6) is 5.75 Å². The molecule has 3 aliphatic rings. The van der Waals surface area contributed by atoms with Gasteiger partial charge in [0, 0.05) is 19.0 Å². The maximum Gasteiger partial charge on any atom is 0.228 e. The third-order valence-electron chi connectivity index (χ3n) is 5.95. The Morgan fingerprint density at radius 2 is 2.00 bits per heavy atom. The smallest absolute Gasteiger partial charge is 0.228 e. The van der Waals surface area contributed by atoms with Crippen molar-refractivity contribution in [1.82, 2.24) is 4.90 Å². The number of aliphatic hydroxyl groups is 1. The average molecular weight is 329 g/mol. The molecule has 0 aromatic heterocycles. The standard InChI is InChI=1S/C20H27NO3/c22-18-7-3-6-17(18)20(23)21(16-4-1-2-5-16)13-14-8-9-19-15(12-14)10-11-24-19/h8-9,12,16-18,22H,1-7,10-11,13H2. The van der Waals surface area contributed by atoms with Crippen molar-refractivity contribution in [2.75, 3.05) is 6.61 Å². The molecule has 4 nitrogen and oxygen atoms in total. The van der Waals surface area contributed by atoms with Gasteiger partial charge in [-0.25, -0.2) is 0 Å². The fourth-order valence-electron chi connectivity index (χ4n) is 4.58. The molecule has 2 fully saturated rings. The summed E-state index contributed by atoms with van der Waals surface area (Å²) in [5, 5.41) is 10.2. The van der Waals surface area contributed by atoms with Gasteiger partial charge in [0.15, 0.2) is 0 Å². The van der Waals surface area contributed by atoms with E-state index >= 15 is 0 Å². The van der Waals surface area contributed by atoms with Crippen molar-refractivity contribution < 1.29 is 14.6 Å². The summed E-state index contributed by atoms with van der Waals surface area (Å²) in [5.41, 5.74) is 2.44. The van der Waals surface area contributed by atoms with E-state index in [0.717, 1.165) is 50.9 Å². The van der Waals surface area contributed by atoms with E-state index in [-0.39, 0.29) is 11.8 Å². The molecule has 1 N–H and O–H groups in total. The maximum absolute atomic E-state index is 13.1. The molecule has 1 amide bonds. The van der Waals surface area contributed by atoms with E-state index in [4.69, 9.17) is 4.74 Å². The van der Waals surface area contributed by atoms with E-state index in [0.29, 0.717) is 12.6 Å². The largest absolute Gasteiger partial charge is 0.493 e. The Morgan fingerprint density at radius 1 is 1.17 bits per heavy atom. The molecule has 0 bridgehead atoms. The molecule has 1 aromatic carbocycles. The number of hydrogen-bond donors (Lipinski definition) is 1. The van der Waals surface area contributed by atoms with Gasteiger partial charge in [-0.2, -0.15) is 0 Å². The molecule has 1 aromatic rings. The van der Waals surface area contributed by atoms with Gasteiger partial charge < -0.3 is 14.7 Å². The molecule has 2 unspecified atom stereocenters. The first kappa shape index (κ1) is 15.9. The Labute approximate surface area is 143 Å². The predicted molar refractivity (Wildman–Crippen MR) is 91.8 cm³/mol.